The van der Waals surface area contributed by atoms with Crippen molar-refractivity contribution in [3.63, 3.8) is 0 Å². The van der Waals surface area contributed by atoms with E-state index in [0.29, 0.717) is 17.9 Å². The Morgan fingerprint density at radius 3 is 2.71 bits per heavy atom. The molecule has 0 aliphatic carbocycles. The van der Waals surface area contributed by atoms with Gasteiger partial charge >= 0.3 is 5.97 Å². The number of hydrogen-bond acceptors (Lipinski definition) is 3. The molecule has 1 aromatic rings. The summed E-state index contributed by atoms with van der Waals surface area (Å²) in [7, 11) is 0. The van der Waals surface area contributed by atoms with Gasteiger partial charge in [0, 0.05) is 6.07 Å². The zero-order valence-corrected chi connectivity index (χ0v) is 12.6. The number of allylic oxidation sites excluding steroid dienone is 5. The summed E-state index contributed by atoms with van der Waals surface area (Å²) in [6, 6.07) is 1.33. The van der Waals surface area contributed by atoms with Crippen LogP contribution in [0.5, 0.6) is 0 Å². The summed E-state index contributed by atoms with van der Waals surface area (Å²) in [6.07, 6.45) is 6.51. The molecule has 1 aromatic heterocycles. The average Bonchev–Trinajstić information content (AvgIpc) is 2.41. The fourth-order valence-electron chi connectivity index (χ4n) is 1.72. The number of aromatic nitrogens is 2. The van der Waals surface area contributed by atoms with Crippen molar-refractivity contribution in [2.45, 2.75) is 33.7 Å². The van der Waals surface area contributed by atoms with E-state index < -0.39 is 5.97 Å². The number of carboxylic acid groups (broad SMARTS) is 1. The van der Waals surface area contributed by atoms with Crippen LogP contribution in [0.15, 0.2) is 41.2 Å². The molecule has 0 saturated carbocycles. The highest BCUT2D eigenvalue weighted by Crippen LogP contribution is 2.13. The first-order chi connectivity index (χ1) is 9.85. The molecule has 0 amide bonds. The number of hydrogen-bond donors (Lipinski definition) is 1. The number of carbonyl (C=O) groups is 1. The third-order valence-corrected chi connectivity index (χ3v) is 3.06. The normalized spacial score (nSPS) is 11.9. The van der Waals surface area contributed by atoms with E-state index in [-0.39, 0.29) is 12.1 Å². The molecule has 112 valence electrons. The zero-order valence-electron chi connectivity index (χ0n) is 12.6. The zero-order chi connectivity index (χ0) is 16.0. The Kier molecular flexibility index (Phi) is 5.84. The van der Waals surface area contributed by atoms with E-state index >= 15 is 0 Å². The van der Waals surface area contributed by atoms with Gasteiger partial charge in [0.2, 0.25) is 0 Å². The van der Waals surface area contributed by atoms with Crippen LogP contribution in [-0.4, -0.2) is 20.6 Å². The monoisotopic (exact) mass is 288 g/mol. The average molecular weight is 288 g/mol. The van der Waals surface area contributed by atoms with E-state index in [2.05, 4.69) is 11.6 Å². The molecule has 5 nitrogen and oxygen atoms in total. The minimum atomic E-state index is -1.07. The highest BCUT2D eigenvalue weighted by atomic mass is 16.4. The molecule has 5 heteroatoms. The topological polar surface area (TPSA) is 72.2 Å². The van der Waals surface area contributed by atoms with Crippen molar-refractivity contribution < 1.29 is 9.90 Å². The fourth-order valence-corrected chi connectivity index (χ4v) is 1.72. The standard InChI is InChI=1S/C16H20N2O3/c1-5-11(2)7-6-8-12(3)14-9-15(19)18(10-16(20)21)13(4)17-14/h5-7,9H,3,8,10H2,1-2,4H3,(H,20,21)/b7-6-,11-5-. The molecule has 0 aliphatic heterocycles. The molecule has 1 N–H and O–H groups in total. The van der Waals surface area contributed by atoms with Crippen LogP contribution in [0, 0.1) is 6.92 Å². The predicted octanol–water partition coefficient (Wildman–Crippen LogP) is 2.56. The van der Waals surface area contributed by atoms with Gasteiger partial charge in [-0.05, 0) is 32.8 Å². The minimum absolute atomic E-state index is 0.370. The van der Waals surface area contributed by atoms with Crippen molar-refractivity contribution in [2.75, 3.05) is 0 Å². The van der Waals surface area contributed by atoms with Gasteiger partial charge in [0.05, 0.1) is 5.69 Å². The number of rotatable bonds is 6. The Hall–Kier alpha value is -2.43. The Bertz CT molecular complexity index is 667. The number of carboxylic acids is 1. The minimum Gasteiger partial charge on any atom is -0.480 e. The van der Waals surface area contributed by atoms with Gasteiger partial charge in [0.25, 0.3) is 5.56 Å². The van der Waals surface area contributed by atoms with E-state index in [1.807, 2.05) is 32.1 Å². The molecule has 0 fully saturated rings. The first-order valence-corrected chi connectivity index (χ1v) is 6.63. The SMILES string of the molecule is C=C(C/C=C\C(C)=C/C)c1cc(=O)n(CC(=O)O)c(C)n1. The summed E-state index contributed by atoms with van der Waals surface area (Å²) in [5, 5.41) is 8.77. The Labute approximate surface area is 124 Å². The smallest absolute Gasteiger partial charge is 0.323 e. The van der Waals surface area contributed by atoms with Crippen LogP contribution in [0.1, 0.15) is 31.8 Å². The molecule has 0 bridgehead atoms. The summed E-state index contributed by atoms with van der Waals surface area (Å²) in [6.45, 7) is 9.11. The van der Waals surface area contributed by atoms with E-state index in [1.165, 1.54) is 6.07 Å². The summed E-state index contributed by atoms with van der Waals surface area (Å²) in [5.41, 5.74) is 1.98. The van der Waals surface area contributed by atoms with Crippen molar-refractivity contribution in [1.82, 2.24) is 9.55 Å². The molecular formula is C16H20N2O3. The van der Waals surface area contributed by atoms with Gasteiger partial charge in [-0.25, -0.2) is 4.98 Å². The summed E-state index contributed by atoms with van der Waals surface area (Å²) >= 11 is 0. The van der Waals surface area contributed by atoms with Gasteiger partial charge < -0.3 is 5.11 Å². The van der Waals surface area contributed by atoms with Crippen molar-refractivity contribution in [2.24, 2.45) is 0 Å². The van der Waals surface area contributed by atoms with Crippen molar-refractivity contribution >= 4 is 11.5 Å². The van der Waals surface area contributed by atoms with Gasteiger partial charge in [0.15, 0.2) is 0 Å². The predicted molar refractivity (Wildman–Crippen MR) is 83.1 cm³/mol. The van der Waals surface area contributed by atoms with Crippen LogP contribution < -0.4 is 5.56 Å². The summed E-state index contributed by atoms with van der Waals surface area (Å²) in [4.78, 5) is 26.9. The largest absolute Gasteiger partial charge is 0.480 e. The Morgan fingerprint density at radius 2 is 2.19 bits per heavy atom. The lowest BCUT2D eigenvalue weighted by Gasteiger charge is -2.09. The Morgan fingerprint density at radius 1 is 1.52 bits per heavy atom. The second-order valence-electron chi connectivity index (χ2n) is 4.75. The second-order valence-corrected chi connectivity index (χ2v) is 4.75. The Balaban J connectivity index is 2.95. The van der Waals surface area contributed by atoms with E-state index in [0.717, 1.165) is 15.7 Å². The molecule has 0 aromatic carbocycles. The van der Waals surface area contributed by atoms with Crippen molar-refractivity contribution in [3.05, 3.63) is 58.3 Å². The highest BCUT2D eigenvalue weighted by molar-refractivity contribution is 5.66. The lowest BCUT2D eigenvalue weighted by atomic mass is 10.1. The molecule has 21 heavy (non-hydrogen) atoms. The molecule has 0 spiro atoms. The molecule has 1 heterocycles. The van der Waals surface area contributed by atoms with E-state index in [9.17, 15) is 9.59 Å². The van der Waals surface area contributed by atoms with Gasteiger partial charge in [-0.15, -0.1) is 0 Å². The third-order valence-electron chi connectivity index (χ3n) is 3.06. The van der Waals surface area contributed by atoms with Gasteiger partial charge in [-0.3, -0.25) is 14.2 Å². The van der Waals surface area contributed by atoms with Crippen molar-refractivity contribution in [3.8, 4) is 0 Å². The van der Waals surface area contributed by atoms with E-state index in [4.69, 9.17) is 5.11 Å². The van der Waals surface area contributed by atoms with E-state index in [1.54, 1.807) is 6.92 Å². The molecule has 0 aliphatic rings. The molecule has 0 saturated heterocycles. The van der Waals surface area contributed by atoms with Crippen LogP contribution in [0.3, 0.4) is 0 Å². The number of aryl methyl sites for hydroxylation is 1. The summed E-state index contributed by atoms with van der Waals surface area (Å²) < 4.78 is 1.12. The molecule has 0 atom stereocenters. The van der Waals surface area contributed by atoms with Crippen LogP contribution in [-0.2, 0) is 11.3 Å². The van der Waals surface area contributed by atoms with Crippen LogP contribution >= 0.6 is 0 Å². The molecule has 0 radical (unpaired) electrons. The highest BCUT2D eigenvalue weighted by Gasteiger charge is 2.09. The maximum atomic E-state index is 11.9. The van der Waals surface area contributed by atoms with Gasteiger partial charge in [0.1, 0.15) is 12.4 Å². The van der Waals surface area contributed by atoms with Crippen LogP contribution in [0.25, 0.3) is 5.57 Å². The van der Waals surface area contributed by atoms with Crippen molar-refractivity contribution in [1.29, 1.82) is 0 Å². The first kappa shape index (κ1) is 16.6. The molecule has 1 rings (SSSR count). The van der Waals surface area contributed by atoms with Gasteiger partial charge in [-0.1, -0.05) is 30.4 Å². The van der Waals surface area contributed by atoms with Crippen LogP contribution in [0.4, 0.5) is 0 Å². The quantitative estimate of drug-likeness (QED) is 0.817. The van der Waals surface area contributed by atoms with Crippen LogP contribution in [0.2, 0.25) is 0 Å². The lowest BCUT2D eigenvalue weighted by molar-refractivity contribution is -0.137. The lowest BCUT2D eigenvalue weighted by Crippen LogP contribution is -2.27. The summed E-state index contributed by atoms with van der Waals surface area (Å²) in [5.74, 6) is -0.701. The molecular weight excluding hydrogens is 268 g/mol. The maximum absolute atomic E-state index is 11.9. The third kappa shape index (κ3) is 4.87. The second kappa shape index (κ2) is 7.38. The maximum Gasteiger partial charge on any atom is 0.323 e. The number of nitrogens with zero attached hydrogens (tertiary/aromatic N) is 2. The molecule has 0 unspecified atom stereocenters. The fraction of sp³-hybridized carbons (Fsp3) is 0.312. The first-order valence-electron chi connectivity index (χ1n) is 6.63. The number of aliphatic carboxylic acids is 1. The van der Waals surface area contributed by atoms with Gasteiger partial charge in [-0.2, -0.15) is 0 Å².